The summed E-state index contributed by atoms with van der Waals surface area (Å²) < 4.78 is 10.9. The first-order valence-electron chi connectivity index (χ1n) is 7.02. The molecule has 1 amide bonds. The number of likely N-dealkylation sites (N-methyl/N-ethyl adjacent to an activating group) is 1. The molecule has 0 radical (unpaired) electrons. The van der Waals surface area contributed by atoms with Crippen molar-refractivity contribution in [2.75, 3.05) is 33.9 Å². The molecule has 116 valence electrons. The molecule has 1 heterocycles. The standard InChI is InChI=1S/C15H21ClN2O3/c1-18-8-6-14(15(18)19)21-13-5-3-4-12(16)11(13)10-17-7-9-20-2/h3-5,14,17H,6-10H2,1-2H3. The number of methoxy groups -OCH3 is 1. The second kappa shape index (κ2) is 7.64. The third kappa shape index (κ3) is 4.09. The van der Waals surface area contributed by atoms with Crippen LogP contribution in [0.3, 0.4) is 0 Å². The summed E-state index contributed by atoms with van der Waals surface area (Å²) in [4.78, 5) is 13.6. The zero-order chi connectivity index (χ0) is 15.2. The Balaban J connectivity index is 2.04. The Morgan fingerprint density at radius 1 is 1.48 bits per heavy atom. The Labute approximate surface area is 130 Å². The van der Waals surface area contributed by atoms with Gasteiger partial charge in [-0.15, -0.1) is 0 Å². The number of hydrogen-bond acceptors (Lipinski definition) is 4. The molecule has 1 fully saturated rings. The van der Waals surface area contributed by atoms with Crippen molar-refractivity contribution in [2.24, 2.45) is 0 Å². The van der Waals surface area contributed by atoms with Crippen molar-refractivity contribution in [3.05, 3.63) is 28.8 Å². The molecule has 1 aliphatic rings. The van der Waals surface area contributed by atoms with Gasteiger partial charge >= 0.3 is 0 Å². The average Bonchev–Trinajstić information content (AvgIpc) is 2.78. The van der Waals surface area contributed by atoms with Crippen LogP contribution in [0.2, 0.25) is 5.02 Å². The fraction of sp³-hybridized carbons (Fsp3) is 0.533. The number of carbonyl (C=O) groups excluding carboxylic acids is 1. The predicted octanol–water partition coefficient (Wildman–Crippen LogP) is 1.69. The molecule has 5 nitrogen and oxygen atoms in total. The van der Waals surface area contributed by atoms with Gasteiger partial charge in [-0.3, -0.25) is 4.79 Å². The second-order valence-corrected chi connectivity index (χ2v) is 5.45. The van der Waals surface area contributed by atoms with Crippen molar-refractivity contribution >= 4 is 17.5 Å². The highest BCUT2D eigenvalue weighted by molar-refractivity contribution is 6.31. The summed E-state index contributed by atoms with van der Waals surface area (Å²) in [6.45, 7) is 2.67. The lowest BCUT2D eigenvalue weighted by molar-refractivity contribution is -0.132. The number of hydrogen-bond donors (Lipinski definition) is 1. The lowest BCUT2D eigenvalue weighted by Crippen LogP contribution is -2.30. The minimum atomic E-state index is -0.411. The Bertz CT molecular complexity index is 496. The highest BCUT2D eigenvalue weighted by atomic mass is 35.5. The molecule has 0 aromatic heterocycles. The maximum atomic E-state index is 11.9. The zero-order valence-corrected chi connectivity index (χ0v) is 13.2. The number of benzene rings is 1. The number of nitrogens with zero attached hydrogens (tertiary/aromatic N) is 1. The average molecular weight is 313 g/mol. The van der Waals surface area contributed by atoms with Crippen LogP contribution < -0.4 is 10.1 Å². The van der Waals surface area contributed by atoms with E-state index in [1.807, 2.05) is 18.2 Å². The van der Waals surface area contributed by atoms with Gasteiger partial charge in [0.25, 0.3) is 5.91 Å². The van der Waals surface area contributed by atoms with Crippen molar-refractivity contribution in [1.82, 2.24) is 10.2 Å². The van der Waals surface area contributed by atoms with Crippen molar-refractivity contribution in [3.63, 3.8) is 0 Å². The van der Waals surface area contributed by atoms with E-state index in [1.54, 1.807) is 19.1 Å². The smallest absolute Gasteiger partial charge is 0.263 e. The third-order valence-electron chi connectivity index (χ3n) is 3.51. The van der Waals surface area contributed by atoms with E-state index >= 15 is 0 Å². The molecular formula is C15H21ClN2O3. The van der Waals surface area contributed by atoms with Crippen molar-refractivity contribution < 1.29 is 14.3 Å². The molecule has 0 bridgehead atoms. The lowest BCUT2D eigenvalue weighted by atomic mass is 10.2. The van der Waals surface area contributed by atoms with Gasteiger partial charge in [-0.2, -0.15) is 0 Å². The van der Waals surface area contributed by atoms with Gasteiger partial charge in [0.2, 0.25) is 0 Å². The molecule has 0 spiro atoms. The first kappa shape index (κ1) is 16.1. The third-order valence-corrected chi connectivity index (χ3v) is 3.86. The summed E-state index contributed by atoms with van der Waals surface area (Å²) >= 11 is 6.25. The predicted molar refractivity (Wildman–Crippen MR) is 81.7 cm³/mol. The van der Waals surface area contributed by atoms with Crippen LogP contribution in [0.15, 0.2) is 18.2 Å². The second-order valence-electron chi connectivity index (χ2n) is 5.04. The van der Waals surface area contributed by atoms with Crippen molar-refractivity contribution in [1.29, 1.82) is 0 Å². The molecule has 1 N–H and O–H groups in total. The Hall–Kier alpha value is -1.30. The van der Waals surface area contributed by atoms with E-state index in [1.165, 1.54) is 0 Å². The maximum Gasteiger partial charge on any atom is 0.263 e. The van der Waals surface area contributed by atoms with Gasteiger partial charge < -0.3 is 19.7 Å². The maximum absolute atomic E-state index is 11.9. The summed E-state index contributed by atoms with van der Waals surface area (Å²) in [6.07, 6.45) is 0.296. The van der Waals surface area contributed by atoms with E-state index < -0.39 is 6.10 Å². The minimum absolute atomic E-state index is 0.0215. The molecule has 1 aromatic rings. The normalized spacial score (nSPS) is 18.3. The minimum Gasteiger partial charge on any atom is -0.480 e. The quantitative estimate of drug-likeness (QED) is 0.778. The molecule has 0 aliphatic carbocycles. The highest BCUT2D eigenvalue weighted by Gasteiger charge is 2.31. The largest absolute Gasteiger partial charge is 0.480 e. The summed E-state index contributed by atoms with van der Waals surface area (Å²) in [5, 5.41) is 3.88. The molecule has 6 heteroatoms. The van der Waals surface area contributed by atoms with E-state index in [4.69, 9.17) is 21.1 Å². The molecule has 1 atom stereocenters. The molecule has 1 aliphatic heterocycles. The summed E-state index contributed by atoms with van der Waals surface area (Å²) in [5.41, 5.74) is 0.873. The van der Waals surface area contributed by atoms with E-state index in [2.05, 4.69) is 5.32 Å². The van der Waals surface area contributed by atoms with Crippen LogP contribution in [-0.4, -0.2) is 50.8 Å². The number of likely N-dealkylation sites (tertiary alicyclic amines) is 1. The van der Waals surface area contributed by atoms with Crippen LogP contribution in [0, 0.1) is 0 Å². The van der Waals surface area contributed by atoms with Crippen LogP contribution in [-0.2, 0) is 16.1 Å². The van der Waals surface area contributed by atoms with Gasteiger partial charge in [0.15, 0.2) is 6.10 Å². The van der Waals surface area contributed by atoms with Crippen LogP contribution >= 0.6 is 11.6 Å². The van der Waals surface area contributed by atoms with Gasteiger partial charge in [-0.25, -0.2) is 0 Å². The SMILES string of the molecule is COCCNCc1c(Cl)cccc1OC1CCN(C)C1=O. The van der Waals surface area contributed by atoms with E-state index in [0.29, 0.717) is 30.3 Å². The summed E-state index contributed by atoms with van der Waals surface area (Å²) in [5.74, 6) is 0.689. The monoisotopic (exact) mass is 312 g/mol. The topological polar surface area (TPSA) is 50.8 Å². The van der Waals surface area contributed by atoms with E-state index in [-0.39, 0.29) is 5.91 Å². The molecule has 2 rings (SSSR count). The van der Waals surface area contributed by atoms with Crippen molar-refractivity contribution in [3.8, 4) is 5.75 Å². The van der Waals surface area contributed by atoms with Gasteiger partial charge in [-0.1, -0.05) is 17.7 Å². The highest BCUT2D eigenvalue weighted by Crippen LogP contribution is 2.28. The summed E-state index contributed by atoms with van der Waals surface area (Å²) in [7, 11) is 3.45. The zero-order valence-electron chi connectivity index (χ0n) is 12.4. The first-order valence-corrected chi connectivity index (χ1v) is 7.40. The van der Waals surface area contributed by atoms with Crippen molar-refractivity contribution in [2.45, 2.75) is 19.1 Å². The van der Waals surface area contributed by atoms with Crippen LogP contribution in [0.25, 0.3) is 0 Å². The molecule has 21 heavy (non-hydrogen) atoms. The molecule has 1 unspecified atom stereocenters. The number of ether oxygens (including phenoxy) is 2. The Morgan fingerprint density at radius 2 is 2.29 bits per heavy atom. The van der Waals surface area contributed by atoms with Gasteiger partial charge in [-0.05, 0) is 12.1 Å². The van der Waals surface area contributed by atoms with E-state index in [0.717, 1.165) is 18.7 Å². The molecular weight excluding hydrogens is 292 g/mol. The number of carbonyl (C=O) groups is 1. The van der Waals surface area contributed by atoms with Gasteiger partial charge in [0.05, 0.1) is 6.61 Å². The fourth-order valence-corrected chi connectivity index (χ4v) is 2.49. The molecule has 1 saturated heterocycles. The number of halogens is 1. The van der Waals surface area contributed by atoms with Crippen LogP contribution in [0.1, 0.15) is 12.0 Å². The van der Waals surface area contributed by atoms with E-state index in [9.17, 15) is 4.79 Å². The number of nitrogens with one attached hydrogen (secondary N) is 1. The number of amides is 1. The molecule has 0 saturated carbocycles. The lowest BCUT2D eigenvalue weighted by Gasteiger charge is -2.17. The first-order chi connectivity index (χ1) is 10.1. The van der Waals surface area contributed by atoms with Gasteiger partial charge in [0.1, 0.15) is 5.75 Å². The van der Waals surface area contributed by atoms with Gasteiger partial charge in [0, 0.05) is 50.8 Å². The summed E-state index contributed by atoms with van der Waals surface area (Å²) in [6, 6.07) is 5.51. The molecule has 1 aromatic carbocycles. The Morgan fingerprint density at radius 3 is 2.95 bits per heavy atom. The number of rotatable bonds is 7. The van der Waals surface area contributed by atoms with Crippen LogP contribution in [0.5, 0.6) is 5.75 Å². The Kier molecular flexibility index (Phi) is 5.85. The van der Waals surface area contributed by atoms with Crippen LogP contribution in [0.4, 0.5) is 0 Å². The fourth-order valence-electron chi connectivity index (χ4n) is 2.26.